The minimum atomic E-state index is -0.0336. The number of para-hydroxylation sites is 2. The van der Waals surface area contributed by atoms with Crippen LogP contribution in [-0.2, 0) is 6.42 Å². The Morgan fingerprint density at radius 2 is 2.08 bits per heavy atom. The van der Waals surface area contributed by atoms with Crippen molar-refractivity contribution in [3.63, 3.8) is 0 Å². The van der Waals surface area contributed by atoms with Gasteiger partial charge in [-0.15, -0.1) is 0 Å². The number of rotatable bonds is 4. The highest BCUT2D eigenvalue weighted by atomic mass is 16.6. The molecule has 24 heavy (non-hydrogen) atoms. The molecule has 0 aliphatic carbocycles. The summed E-state index contributed by atoms with van der Waals surface area (Å²) in [5.74, 6) is 2.61. The van der Waals surface area contributed by atoms with Gasteiger partial charge in [0.25, 0.3) is 0 Å². The van der Waals surface area contributed by atoms with E-state index in [0.29, 0.717) is 13.2 Å². The molecule has 0 amide bonds. The third-order valence-electron chi connectivity index (χ3n) is 4.19. The Morgan fingerprint density at radius 3 is 2.92 bits per heavy atom. The first-order valence-corrected chi connectivity index (χ1v) is 8.18. The van der Waals surface area contributed by atoms with Crippen LogP contribution in [-0.4, -0.2) is 40.9 Å². The minimum absolute atomic E-state index is 0.0336. The number of anilines is 1. The smallest absolute Gasteiger partial charge is 0.161 e. The van der Waals surface area contributed by atoms with Crippen molar-refractivity contribution in [2.24, 2.45) is 0 Å². The average Bonchev–Trinajstić information content (AvgIpc) is 3.09. The number of likely N-dealkylation sites (N-methyl/N-ethyl adjacent to an activating group) is 1. The number of aromatic nitrogens is 3. The fourth-order valence-corrected chi connectivity index (χ4v) is 2.95. The topological polar surface area (TPSA) is 51.9 Å². The maximum atomic E-state index is 6.06. The zero-order chi connectivity index (χ0) is 16.5. The Bertz CT molecular complexity index is 861. The van der Waals surface area contributed by atoms with Crippen LogP contribution in [0.5, 0.6) is 11.5 Å². The molecule has 0 fully saturated rings. The molecule has 1 unspecified atom stereocenters. The van der Waals surface area contributed by atoms with Gasteiger partial charge in [-0.25, -0.2) is 4.98 Å². The maximum Gasteiger partial charge on any atom is 0.161 e. The van der Waals surface area contributed by atoms with Gasteiger partial charge in [0.1, 0.15) is 12.4 Å². The first kappa shape index (κ1) is 14.8. The van der Waals surface area contributed by atoms with Gasteiger partial charge in [-0.05, 0) is 18.6 Å². The van der Waals surface area contributed by atoms with Crippen LogP contribution in [0.4, 0.5) is 5.82 Å². The molecule has 3 heterocycles. The number of benzene rings is 1. The molecule has 0 saturated carbocycles. The molecule has 0 radical (unpaired) electrons. The van der Waals surface area contributed by atoms with Gasteiger partial charge in [0.2, 0.25) is 0 Å². The van der Waals surface area contributed by atoms with Crippen LogP contribution in [0.15, 0.2) is 42.6 Å². The number of hydrogen-bond acceptors (Lipinski definition) is 5. The van der Waals surface area contributed by atoms with Crippen molar-refractivity contribution in [3.8, 4) is 11.5 Å². The highest BCUT2D eigenvalue weighted by Crippen LogP contribution is 2.31. The summed E-state index contributed by atoms with van der Waals surface area (Å²) < 4.78 is 13.7. The molecule has 124 valence electrons. The normalized spacial score (nSPS) is 16.3. The Balaban J connectivity index is 1.57. The van der Waals surface area contributed by atoms with E-state index in [1.807, 2.05) is 41.9 Å². The van der Waals surface area contributed by atoms with Crippen molar-refractivity contribution in [1.82, 2.24) is 14.6 Å². The second kappa shape index (κ2) is 6.03. The van der Waals surface area contributed by atoms with E-state index in [-0.39, 0.29) is 6.10 Å². The van der Waals surface area contributed by atoms with Gasteiger partial charge in [-0.1, -0.05) is 19.1 Å². The second-order valence-corrected chi connectivity index (χ2v) is 5.94. The van der Waals surface area contributed by atoms with Crippen LogP contribution in [0.1, 0.15) is 12.6 Å². The number of nitrogens with zero attached hydrogens (tertiary/aromatic N) is 4. The van der Waals surface area contributed by atoms with Crippen molar-refractivity contribution >= 4 is 11.5 Å². The van der Waals surface area contributed by atoms with E-state index in [1.165, 1.54) is 0 Å². The molecule has 1 aliphatic heterocycles. The third kappa shape index (κ3) is 2.64. The summed E-state index contributed by atoms with van der Waals surface area (Å²) in [5.41, 5.74) is 1.92. The van der Waals surface area contributed by atoms with Gasteiger partial charge in [0, 0.05) is 24.9 Å². The summed E-state index contributed by atoms with van der Waals surface area (Å²) in [6, 6.07) is 11.8. The zero-order valence-electron chi connectivity index (χ0n) is 13.8. The first-order chi connectivity index (χ1) is 11.7. The number of fused-ring (bicyclic) bond motifs is 2. The average molecular weight is 324 g/mol. The number of aryl methyl sites for hydroxylation is 1. The van der Waals surface area contributed by atoms with Crippen LogP contribution >= 0.6 is 0 Å². The van der Waals surface area contributed by atoms with E-state index in [9.17, 15) is 0 Å². The summed E-state index contributed by atoms with van der Waals surface area (Å²) >= 11 is 0. The van der Waals surface area contributed by atoms with Gasteiger partial charge in [0.05, 0.1) is 12.7 Å². The van der Waals surface area contributed by atoms with Crippen molar-refractivity contribution in [1.29, 1.82) is 0 Å². The second-order valence-electron chi connectivity index (χ2n) is 5.94. The first-order valence-electron chi connectivity index (χ1n) is 8.18. The van der Waals surface area contributed by atoms with Crippen LogP contribution in [0.2, 0.25) is 0 Å². The summed E-state index contributed by atoms with van der Waals surface area (Å²) in [5, 5.41) is 4.38. The van der Waals surface area contributed by atoms with Crippen molar-refractivity contribution in [3.05, 3.63) is 48.3 Å². The van der Waals surface area contributed by atoms with Crippen LogP contribution < -0.4 is 14.4 Å². The van der Waals surface area contributed by atoms with E-state index < -0.39 is 0 Å². The number of hydrogen-bond donors (Lipinski definition) is 0. The standard InChI is InChI=1S/C18H20N4O2/c1-3-13-10-18(22-17(20-13)8-9-19-22)21(2)11-14-12-23-15-6-4-5-7-16(15)24-14/h4-10,14H,3,11-12H2,1-2H3. The Labute approximate surface area is 140 Å². The Hall–Kier alpha value is -2.76. The van der Waals surface area contributed by atoms with Gasteiger partial charge < -0.3 is 14.4 Å². The lowest BCUT2D eigenvalue weighted by molar-refractivity contribution is 0.0959. The van der Waals surface area contributed by atoms with Gasteiger partial charge >= 0.3 is 0 Å². The molecule has 4 rings (SSSR count). The van der Waals surface area contributed by atoms with E-state index >= 15 is 0 Å². The SMILES string of the molecule is CCc1cc(N(C)CC2COc3ccccc3O2)n2nccc2n1. The lowest BCUT2D eigenvalue weighted by atomic mass is 10.2. The molecule has 6 heteroatoms. The molecule has 0 N–H and O–H groups in total. The molecule has 6 nitrogen and oxygen atoms in total. The Morgan fingerprint density at radius 1 is 1.25 bits per heavy atom. The molecule has 0 saturated heterocycles. The Kier molecular flexibility index (Phi) is 3.72. The van der Waals surface area contributed by atoms with Crippen LogP contribution in [0, 0.1) is 0 Å². The fraction of sp³-hybridized carbons (Fsp3) is 0.333. The van der Waals surface area contributed by atoms with Gasteiger partial charge in [0.15, 0.2) is 23.3 Å². The molecule has 1 aliphatic rings. The highest BCUT2D eigenvalue weighted by molar-refractivity contribution is 5.50. The molecule has 0 spiro atoms. The number of ether oxygens (including phenoxy) is 2. The molecule has 0 bridgehead atoms. The van der Waals surface area contributed by atoms with E-state index in [1.54, 1.807) is 6.20 Å². The van der Waals surface area contributed by atoms with Crippen LogP contribution in [0.3, 0.4) is 0 Å². The van der Waals surface area contributed by atoms with Gasteiger partial charge in [-0.2, -0.15) is 9.61 Å². The highest BCUT2D eigenvalue weighted by Gasteiger charge is 2.23. The molecule has 1 atom stereocenters. The van der Waals surface area contributed by atoms with E-state index in [0.717, 1.165) is 35.1 Å². The van der Waals surface area contributed by atoms with Crippen molar-refractivity contribution < 1.29 is 9.47 Å². The molecular formula is C18H20N4O2. The summed E-state index contributed by atoms with van der Waals surface area (Å²) in [6.07, 6.45) is 2.63. The zero-order valence-corrected chi connectivity index (χ0v) is 13.8. The predicted octanol–water partition coefficient (Wildman–Crippen LogP) is 2.57. The quantitative estimate of drug-likeness (QED) is 0.738. The summed E-state index contributed by atoms with van der Waals surface area (Å²) in [7, 11) is 2.04. The maximum absolute atomic E-state index is 6.06. The fourth-order valence-electron chi connectivity index (χ4n) is 2.95. The molecule has 3 aromatic rings. The predicted molar refractivity (Wildman–Crippen MR) is 92.0 cm³/mol. The summed E-state index contributed by atoms with van der Waals surface area (Å²) in [6.45, 7) is 3.35. The van der Waals surface area contributed by atoms with Crippen molar-refractivity contribution in [2.45, 2.75) is 19.4 Å². The van der Waals surface area contributed by atoms with Crippen molar-refractivity contribution in [2.75, 3.05) is 25.1 Å². The largest absolute Gasteiger partial charge is 0.486 e. The van der Waals surface area contributed by atoms with Gasteiger partial charge in [-0.3, -0.25) is 0 Å². The molecule has 2 aromatic heterocycles. The van der Waals surface area contributed by atoms with Crippen LogP contribution in [0.25, 0.3) is 5.65 Å². The molecular weight excluding hydrogens is 304 g/mol. The third-order valence-corrected chi connectivity index (χ3v) is 4.19. The van der Waals surface area contributed by atoms with E-state index in [4.69, 9.17) is 9.47 Å². The summed E-state index contributed by atoms with van der Waals surface area (Å²) in [4.78, 5) is 6.73. The monoisotopic (exact) mass is 324 g/mol. The molecule has 1 aromatic carbocycles. The lowest BCUT2D eigenvalue weighted by Gasteiger charge is -2.30. The van der Waals surface area contributed by atoms with E-state index in [2.05, 4.69) is 28.0 Å². The minimum Gasteiger partial charge on any atom is -0.486 e. The lowest BCUT2D eigenvalue weighted by Crippen LogP contribution is -2.40.